The highest BCUT2D eigenvalue weighted by Crippen LogP contribution is 2.26. The van der Waals surface area contributed by atoms with Crippen molar-refractivity contribution in [1.29, 1.82) is 0 Å². The van der Waals surface area contributed by atoms with Crippen LogP contribution in [-0.4, -0.2) is 11.7 Å². The highest BCUT2D eigenvalue weighted by molar-refractivity contribution is 7.99. The van der Waals surface area contributed by atoms with E-state index in [1.807, 2.05) is 0 Å². The Morgan fingerprint density at radius 2 is 1.95 bits per heavy atom. The van der Waals surface area contributed by atoms with Crippen molar-refractivity contribution in [2.45, 2.75) is 11.3 Å². The van der Waals surface area contributed by atoms with Crippen molar-refractivity contribution < 1.29 is 13.6 Å². The number of nitrogens with one attached hydrogen (secondary N) is 1. The van der Waals surface area contributed by atoms with Gasteiger partial charge in [0, 0.05) is 22.8 Å². The number of carbonyl (C=O) groups excluding carboxylic acids is 1. The molecule has 3 nitrogen and oxygen atoms in total. The molecule has 0 aliphatic rings. The highest BCUT2D eigenvalue weighted by Gasteiger charge is 2.07. The number of para-hydroxylation sites is 1. The molecule has 21 heavy (non-hydrogen) atoms. The van der Waals surface area contributed by atoms with E-state index in [0.29, 0.717) is 16.3 Å². The molecular weight excluding hydrogens is 294 g/mol. The van der Waals surface area contributed by atoms with Crippen molar-refractivity contribution >= 4 is 29.0 Å². The Balaban J connectivity index is 1.85. The molecule has 0 heterocycles. The average Bonchev–Trinajstić information content (AvgIpc) is 2.45. The SMILES string of the molecule is Nc1ccc(F)cc1SCCC(=O)Nc1ccccc1F. The number of nitrogens with two attached hydrogens (primary N) is 1. The molecule has 1 amide bonds. The zero-order valence-electron chi connectivity index (χ0n) is 11.1. The van der Waals surface area contributed by atoms with Crippen LogP contribution in [0.1, 0.15) is 6.42 Å². The highest BCUT2D eigenvalue weighted by atomic mass is 32.2. The van der Waals surface area contributed by atoms with Gasteiger partial charge < -0.3 is 11.1 Å². The molecule has 0 saturated carbocycles. The minimum absolute atomic E-state index is 0.151. The smallest absolute Gasteiger partial charge is 0.225 e. The Morgan fingerprint density at radius 1 is 1.19 bits per heavy atom. The second-order valence-corrected chi connectivity index (χ2v) is 5.45. The minimum Gasteiger partial charge on any atom is -0.398 e. The van der Waals surface area contributed by atoms with Crippen LogP contribution in [0.15, 0.2) is 47.4 Å². The summed E-state index contributed by atoms with van der Waals surface area (Å²) in [5, 5.41) is 2.49. The van der Waals surface area contributed by atoms with Gasteiger partial charge in [0.2, 0.25) is 5.91 Å². The number of hydrogen-bond donors (Lipinski definition) is 2. The topological polar surface area (TPSA) is 55.1 Å². The summed E-state index contributed by atoms with van der Waals surface area (Å²) >= 11 is 1.28. The monoisotopic (exact) mass is 308 g/mol. The van der Waals surface area contributed by atoms with E-state index in [0.717, 1.165) is 0 Å². The standard InChI is InChI=1S/C15H14F2N2OS/c16-10-5-6-12(18)14(9-10)21-8-7-15(20)19-13-4-2-1-3-11(13)17/h1-6,9H,7-8,18H2,(H,19,20). The molecule has 0 radical (unpaired) electrons. The van der Waals surface area contributed by atoms with Crippen molar-refractivity contribution in [3.05, 3.63) is 54.1 Å². The van der Waals surface area contributed by atoms with Crippen LogP contribution in [0, 0.1) is 11.6 Å². The molecule has 0 bridgehead atoms. The molecule has 0 fully saturated rings. The molecular formula is C15H14F2N2OS. The molecule has 0 spiro atoms. The van der Waals surface area contributed by atoms with Gasteiger partial charge in [0.15, 0.2) is 0 Å². The second kappa shape index (κ2) is 7.08. The van der Waals surface area contributed by atoms with Gasteiger partial charge in [-0.25, -0.2) is 8.78 Å². The van der Waals surface area contributed by atoms with Gasteiger partial charge in [-0.15, -0.1) is 11.8 Å². The zero-order chi connectivity index (χ0) is 15.2. The summed E-state index contributed by atoms with van der Waals surface area (Å²) in [6.45, 7) is 0. The second-order valence-electron chi connectivity index (χ2n) is 4.31. The molecule has 0 aliphatic heterocycles. The fraction of sp³-hybridized carbons (Fsp3) is 0.133. The van der Waals surface area contributed by atoms with Crippen LogP contribution < -0.4 is 11.1 Å². The molecule has 0 aliphatic carbocycles. The number of hydrogen-bond acceptors (Lipinski definition) is 3. The van der Waals surface area contributed by atoms with Crippen molar-refractivity contribution in [2.24, 2.45) is 0 Å². The number of halogens is 2. The fourth-order valence-electron chi connectivity index (χ4n) is 1.66. The molecule has 0 unspecified atom stereocenters. The maximum absolute atomic E-state index is 13.4. The summed E-state index contributed by atoms with van der Waals surface area (Å²) in [6.07, 6.45) is 0.176. The van der Waals surface area contributed by atoms with Crippen molar-refractivity contribution in [2.75, 3.05) is 16.8 Å². The van der Waals surface area contributed by atoms with Gasteiger partial charge in [-0.1, -0.05) is 12.1 Å². The van der Waals surface area contributed by atoms with Crippen molar-refractivity contribution in [1.82, 2.24) is 0 Å². The number of rotatable bonds is 5. The Kier molecular flexibility index (Phi) is 5.16. The van der Waals surface area contributed by atoms with Crippen molar-refractivity contribution in [3.8, 4) is 0 Å². The summed E-state index contributed by atoms with van der Waals surface area (Å²) < 4.78 is 26.4. The third-order valence-electron chi connectivity index (χ3n) is 2.71. The molecule has 2 rings (SSSR count). The maximum Gasteiger partial charge on any atom is 0.225 e. The van der Waals surface area contributed by atoms with Crippen LogP contribution in [0.3, 0.4) is 0 Å². The summed E-state index contributed by atoms with van der Waals surface area (Å²) in [5.74, 6) is -0.730. The summed E-state index contributed by atoms with van der Waals surface area (Å²) in [7, 11) is 0. The van der Waals surface area contributed by atoms with Gasteiger partial charge in [-0.05, 0) is 30.3 Å². The first-order valence-corrected chi connectivity index (χ1v) is 7.27. The van der Waals surface area contributed by atoms with E-state index in [9.17, 15) is 13.6 Å². The third-order valence-corrected chi connectivity index (χ3v) is 3.78. The first-order chi connectivity index (χ1) is 10.1. The number of carbonyl (C=O) groups is 1. The third kappa shape index (κ3) is 4.46. The predicted molar refractivity (Wildman–Crippen MR) is 81.2 cm³/mol. The Hall–Kier alpha value is -2.08. The Labute approximate surface area is 125 Å². The Morgan fingerprint density at radius 3 is 2.71 bits per heavy atom. The Bertz CT molecular complexity index is 649. The van der Waals surface area contributed by atoms with Crippen LogP contribution in [0.4, 0.5) is 20.2 Å². The first-order valence-electron chi connectivity index (χ1n) is 6.28. The van der Waals surface area contributed by atoms with E-state index in [-0.39, 0.29) is 23.8 Å². The number of amides is 1. The van der Waals surface area contributed by atoms with E-state index >= 15 is 0 Å². The molecule has 110 valence electrons. The van der Waals surface area contributed by atoms with Gasteiger partial charge in [0.25, 0.3) is 0 Å². The first kappa shape index (κ1) is 15.3. The molecule has 0 aromatic heterocycles. The predicted octanol–water partition coefficient (Wildman–Crippen LogP) is 3.67. The van der Waals surface area contributed by atoms with Gasteiger partial charge in [0.05, 0.1) is 5.69 Å². The largest absolute Gasteiger partial charge is 0.398 e. The number of anilines is 2. The van der Waals surface area contributed by atoms with Crippen molar-refractivity contribution in [3.63, 3.8) is 0 Å². The molecule has 2 aromatic carbocycles. The van der Waals surface area contributed by atoms with Crippen LogP contribution >= 0.6 is 11.8 Å². The summed E-state index contributed by atoms with van der Waals surface area (Å²) in [6, 6.07) is 10.0. The van der Waals surface area contributed by atoms with Gasteiger partial charge in [0.1, 0.15) is 11.6 Å². The van der Waals surface area contributed by atoms with Gasteiger partial charge >= 0.3 is 0 Å². The normalized spacial score (nSPS) is 10.4. The molecule has 0 saturated heterocycles. The lowest BCUT2D eigenvalue weighted by Crippen LogP contribution is -2.13. The average molecular weight is 308 g/mol. The minimum atomic E-state index is -0.479. The molecule has 0 atom stereocenters. The van der Waals surface area contributed by atoms with E-state index in [4.69, 9.17) is 5.73 Å². The van der Waals surface area contributed by atoms with Gasteiger partial charge in [-0.2, -0.15) is 0 Å². The number of benzene rings is 2. The molecule has 2 aromatic rings. The van der Waals surface area contributed by atoms with Crippen LogP contribution in [0.5, 0.6) is 0 Å². The maximum atomic E-state index is 13.4. The van der Waals surface area contributed by atoms with Gasteiger partial charge in [-0.3, -0.25) is 4.79 Å². The number of nitrogen functional groups attached to an aromatic ring is 1. The fourth-order valence-corrected chi connectivity index (χ4v) is 2.60. The number of thioether (sulfide) groups is 1. The van der Waals surface area contributed by atoms with E-state index in [1.165, 1.54) is 42.1 Å². The summed E-state index contributed by atoms with van der Waals surface area (Å²) in [5.41, 5.74) is 6.33. The van der Waals surface area contributed by atoms with Crippen LogP contribution in [0.2, 0.25) is 0 Å². The molecule has 3 N–H and O–H groups in total. The zero-order valence-corrected chi connectivity index (χ0v) is 11.9. The van der Waals surface area contributed by atoms with E-state index in [2.05, 4.69) is 5.32 Å². The summed E-state index contributed by atoms with van der Waals surface area (Å²) in [4.78, 5) is 12.3. The quantitative estimate of drug-likeness (QED) is 0.654. The van der Waals surface area contributed by atoms with Crippen LogP contribution in [0.25, 0.3) is 0 Å². The lowest BCUT2D eigenvalue weighted by molar-refractivity contribution is -0.115. The lowest BCUT2D eigenvalue weighted by atomic mass is 10.3. The van der Waals surface area contributed by atoms with E-state index < -0.39 is 5.82 Å². The molecule has 6 heteroatoms. The van der Waals surface area contributed by atoms with E-state index in [1.54, 1.807) is 12.1 Å². The van der Waals surface area contributed by atoms with Crippen LogP contribution in [-0.2, 0) is 4.79 Å². The lowest BCUT2D eigenvalue weighted by Gasteiger charge is -2.07.